The molecule has 16 heavy (non-hydrogen) atoms. The molecule has 0 saturated carbocycles. The molecule has 1 heterocycles. The van der Waals surface area contributed by atoms with Gasteiger partial charge in [0.25, 0.3) is 0 Å². The van der Waals surface area contributed by atoms with Crippen molar-refractivity contribution in [2.45, 2.75) is 6.42 Å². The predicted octanol–water partition coefficient (Wildman–Crippen LogP) is 0.857. The van der Waals surface area contributed by atoms with Crippen molar-refractivity contribution < 1.29 is 24.2 Å². The predicted molar refractivity (Wildman–Crippen MR) is 53.5 cm³/mol. The van der Waals surface area contributed by atoms with Crippen LogP contribution in [0.3, 0.4) is 0 Å². The van der Waals surface area contributed by atoms with Gasteiger partial charge < -0.3 is 14.6 Å². The summed E-state index contributed by atoms with van der Waals surface area (Å²) in [7, 11) is 1.47. The van der Waals surface area contributed by atoms with Crippen molar-refractivity contribution in [1.29, 1.82) is 0 Å². The van der Waals surface area contributed by atoms with Crippen molar-refractivity contribution in [1.82, 2.24) is 0 Å². The lowest BCUT2D eigenvalue weighted by molar-refractivity contribution is -0.153. The first-order valence-corrected chi connectivity index (χ1v) is 4.74. The number of hydrogen-bond donors (Lipinski definition) is 1. The van der Waals surface area contributed by atoms with Crippen molar-refractivity contribution in [2.75, 3.05) is 7.11 Å². The van der Waals surface area contributed by atoms with Crippen LogP contribution in [0.2, 0.25) is 0 Å². The minimum atomic E-state index is -1.17. The number of carbonyl (C=O) groups is 2. The number of carbonyl (C=O) groups excluding carboxylic acids is 1. The minimum absolute atomic E-state index is 0.140. The van der Waals surface area contributed by atoms with Gasteiger partial charge in [0.05, 0.1) is 7.11 Å². The zero-order valence-electron chi connectivity index (χ0n) is 8.60. The number of methoxy groups -OCH3 is 1. The standard InChI is InChI=1S/C11H10O5/c1-15-8-4-2-3-6-5-7(10(12)13)11(14)16-9(6)8/h2-4,7H,5H2,1H3,(H,12,13)/t7-/m0/s1. The van der Waals surface area contributed by atoms with Crippen molar-refractivity contribution in [3.8, 4) is 11.5 Å². The lowest BCUT2D eigenvalue weighted by atomic mass is 9.96. The summed E-state index contributed by atoms with van der Waals surface area (Å²) in [6.07, 6.45) is 0.140. The molecule has 0 radical (unpaired) electrons. The Kier molecular flexibility index (Phi) is 2.52. The van der Waals surface area contributed by atoms with Crippen LogP contribution in [0.4, 0.5) is 0 Å². The summed E-state index contributed by atoms with van der Waals surface area (Å²) in [5, 5.41) is 8.83. The zero-order valence-corrected chi connectivity index (χ0v) is 8.60. The third-order valence-corrected chi connectivity index (χ3v) is 2.49. The van der Waals surface area contributed by atoms with E-state index in [-0.39, 0.29) is 6.42 Å². The molecule has 5 heteroatoms. The lowest BCUT2D eigenvalue weighted by Gasteiger charge is -2.21. The molecular weight excluding hydrogens is 212 g/mol. The summed E-state index contributed by atoms with van der Waals surface area (Å²) in [4.78, 5) is 22.2. The maximum Gasteiger partial charge on any atom is 0.326 e. The molecule has 0 spiro atoms. The highest BCUT2D eigenvalue weighted by Gasteiger charge is 2.35. The molecule has 1 atom stereocenters. The van der Waals surface area contributed by atoms with Gasteiger partial charge in [-0.3, -0.25) is 9.59 Å². The van der Waals surface area contributed by atoms with Crippen LogP contribution in [-0.4, -0.2) is 24.2 Å². The van der Waals surface area contributed by atoms with Crippen molar-refractivity contribution in [3.05, 3.63) is 23.8 Å². The van der Waals surface area contributed by atoms with Crippen molar-refractivity contribution in [2.24, 2.45) is 5.92 Å². The highest BCUT2D eigenvalue weighted by molar-refractivity contribution is 5.96. The molecule has 0 aliphatic carbocycles. The number of ether oxygens (including phenoxy) is 2. The van der Waals surface area contributed by atoms with E-state index in [2.05, 4.69) is 0 Å². The normalized spacial score (nSPS) is 18.6. The summed E-state index contributed by atoms with van der Waals surface area (Å²) in [6, 6.07) is 5.11. The van der Waals surface area contributed by atoms with Gasteiger partial charge in [0, 0.05) is 12.0 Å². The summed E-state index contributed by atoms with van der Waals surface area (Å²) in [5.74, 6) is -2.27. The number of rotatable bonds is 2. The van der Waals surface area contributed by atoms with Crippen LogP contribution >= 0.6 is 0 Å². The minimum Gasteiger partial charge on any atom is -0.493 e. The second-order valence-electron chi connectivity index (χ2n) is 3.46. The van der Waals surface area contributed by atoms with Gasteiger partial charge in [0.2, 0.25) is 0 Å². The Morgan fingerprint density at radius 1 is 1.56 bits per heavy atom. The molecule has 84 valence electrons. The van der Waals surface area contributed by atoms with Crippen LogP contribution in [-0.2, 0) is 16.0 Å². The van der Waals surface area contributed by atoms with Crippen LogP contribution in [0.15, 0.2) is 18.2 Å². The van der Waals surface area contributed by atoms with E-state index in [1.807, 2.05) is 0 Å². The summed E-state index contributed by atoms with van der Waals surface area (Å²) in [5.41, 5.74) is 0.673. The Hall–Kier alpha value is -2.04. The molecule has 0 aromatic heterocycles. The first-order chi connectivity index (χ1) is 7.63. The number of carboxylic acid groups (broad SMARTS) is 1. The summed E-state index contributed by atoms with van der Waals surface area (Å²) >= 11 is 0. The van der Waals surface area contributed by atoms with Gasteiger partial charge in [0.15, 0.2) is 17.4 Å². The molecular formula is C11H10O5. The van der Waals surface area contributed by atoms with Gasteiger partial charge in [-0.05, 0) is 6.07 Å². The highest BCUT2D eigenvalue weighted by Crippen LogP contribution is 2.36. The smallest absolute Gasteiger partial charge is 0.326 e. The maximum atomic E-state index is 11.4. The van der Waals surface area contributed by atoms with E-state index in [1.54, 1.807) is 18.2 Å². The van der Waals surface area contributed by atoms with E-state index in [0.29, 0.717) is 17.1 Å². The van der Waals surface area contributed by atoms with Gasteiger partial charge in [-0.2, -0.15) is 0 Å². The van der Waals surface area contributed by atoms with Gasteiger partial charge >= 0.3 is 11.9 Å². The van der Waals surface area contributed by atoms with E-state index >= 15 is 0 Å². The molecule has 0 bridgehead atoms. The molecule has 1 aromatic carbocycles. The molecule has 0 saturated heterocycles. The Labute approximate surface area is 91.6 Å². The second-order valence-corrected chi connectivity index (χ2v) is 3.46. The molecule has 1 N–H and O–H groups in total. The SMILES string of the molecule is COc1cccc2c1OC(=O)[C@H](C(=O)O)C2. The monoisotopic (exact) mass is 222 g/mol. The molecule has 0 amide bonds. The quantitative estimate of drug-likeness (QED) is 0.456. The first kappa shape index (κ1) is 10.5. The Balaban J connectivity index is 2.42. The molecule has 1 aliphatic heterocycles. The number of hydrogen-bond acceptors (Lipinski definition) is 4. The molecule has 0 unspecified atom stereocenters. The van der Waals surface area contributed by atoms with E-state index in [9.17, 15) is 9.59 Å². The molecule has 2 rings (SSSR count). The first-order valence-electron chi connectivity index (χ1n) is 4.74. The fourth-order valence-corrected chi connectivity index (χ4v) is 1.66. The van der Waals surface area contributed by atoms with Crippen molar-refractivity contribution >= 4 is 11.9 Å². The van der Waals surface area contributed by atoms with Crippen LogP contribution in [0, 0.1) is 5.92 Å². The maximum absolute atomic E-state index is 11.4. The van der Waals surface area contributed by atoms with E-state index in [0.717, 1.165) is 0 Å². The highest BCUT2D eigenvalue weighted by atomic mass is 16.6. The number of benzene rings is 1. The largest absolute Gasteiger partial charge is 0.493 e. The number of carboxylic acids is 1. The fraction of sp³-hybridized carbons (Fsp3) is 0.273. The van der Waals surface area contributed by atoms with Gasteiger partial charge in [-0.1, -0.05) is 12.1 Å². The fourth-order valence-electron chi connectivity index (χ4n) is 1.66. The Morgan fingerprint density at radius 2 is 2.31 bits per heavy atom. The van der Waals surface area contributed by atoms with E-state index < -0.39 is 17.9 Å². The topological polar surface area (TPSA) is 72.8 Å². The van der Waals surface area contributed by atoms with Gasteiger partial charge in [0.1, 0.15) is 0 Å². The Bertz CT molecular complexity index is 452. The molecule has 0 fully saturated rings. The van der Waals surface area contributed by atoms with Gasteiger partial charge in [-0.15, -0.1) is 0 Å². The average molecular weight is 222 g/mol. The number of esters is 1. The average Bonchev–Trinajstić information content (AvgIpc) is 2.27. The summed E-state index contributed by atoms with van der Waals surface area (Å²) in [6.45, 7) is 0. The third-order valence-electron chi connectivity index (χ3n) is 2.49. The lowest BCUT2D eigenvalue weighted by Crippen LogP contribution is -2.33. The van der Waals surface area contributed by atoms with Crippen LogP contribution in [0.5, 0.6) is 11.5 Å². The number of aliphatic carboxylic acids is 1. The third kappa shape index (κ3) is 1.60. The Morgan fingerprint density at radius 3 is 2.94 bits per heavy atom. The van der Waals surface area contributed by atoms with E-state index in [4.69, 9.17) is 14.6 Å². The van der Waals surface area contributed by atoms with Crippen LogP contribution in [0.1, 0.15) is 5.56 Å². The number of fused-ring (bicyclic) bond motifs is 1. The van der Waals surface area contributed by atoms with Crippen LogP contribution in [0.25, 0.3) is 0 Å². The van der Waals surface area contributed by atoms with E-state index in [1.165, 1.54) is 7.11 Å². The zero-order chi connectivity index (χ0) is 11.7. The molecule has 1 aromatic rings. The van der Waals surface area contributed by atoms with Crippen molar-refractivity contribution in [3.63, 3.8) is 0 Å². The molecule has 5 nitrogen and oxygen atoms in total. The second kappa shape index (κ2) is 3.84. The summed E-state index contributed by atoms with van der Waals surface area (Å²) < 4.78 is 10.0. The van der Waals surface area contributed by atoms with Gasteiger partial charge in [-0.25, -0.2) is 0 Å². The van der Waals surface area contributed by atoms with Crippen LogP contribution < -0.4 is 9.47 Å². The number of para-hydroxylation sites is 1. The molecule has 1 aliphatic rings.